The van der Waals surface area contributed by atoms with E-state index in [1.807, 2.05) is 13.8 Å². The van der Waals surface area contributed by atoms with E-state index in [-0.39, 0.29) is 22.2 Å². The Labute approximate surface area is 129 Å². The molecule has 0 radical (unpaired) electrons. The van der Waals surface area contributed by atoms with Crippen LogP contribution in [0.2, 0.25) is 0 Å². The molecule has 3 unspecified atom stereocenters. The minimum absolute atomic E-state index is 0.0416. The summed E-state index contributed by atoms with van der Waals surface area (Å²) >= 11 is 1.13. The normalized spacial score (nSPS) is 24.8. The van der Waals surface area contributed by atoms with Crippen LogP contribution in [-0.2, 0) is 14.8 Å². The Hall–Kier alpha value is -0.960. The highest BCUT2D eigenvalue weighted by Gasteiger charge is 2.32. The molecule has 8 heteroatoms. The number of rotatable bonds is 4. The maximum absolute atomic E-state index is 12.5. The molecule has 0 bridgehead atoms. The van der Waals surface area contributed by atoms with Gasteiger partial charge in [-0.25, -0.2) is 8.42 Å². The van der Waals surface area contributed by atoms with Crippen LogP contribution in [0.25, 0.3) is 0 Å². The van der Waals surface area contributed by atoms with Crippen LogP contribution in [0.15, 0.2) is 21.7 Å². The fraction of sp³-hybridized carbons (Fsp3) is 0.615. The number of hydrogen-bond acceptors (Lipinski definition) is 5. The molecular weight excluding hydrogens is 310 g/mol. The van der Waals surface area contributed by atoms with Crippen molar-refractivity contribution in [3.63, 3.8) is 0 Å². The number of thiophene rings is 1. The lowest BCUT2D eigenvalue weighted by Crippen LogP contribution is -2.60. The predicted molar refractivity (Wildman–Crippen MR) is 82.7 cm³/mol. The van der Waals surface area contributed by atoms with E-state index in [1.165, 1.54) is 6.07 Å². The lowest BCUT2D eigenvalue weighted by atomic mass is 10.1. The van der Waals surface area contributed by atoms with Crippen LogP contribution in [0.4, 0.5) is 0 Å². The average Bonchev–Trinajstić information content (AvgIpc) is 2.95. The SMILES string of the molecule is CC(NS(=O)(=O)c1cccs1)C(=O)N1CCNC(C)C1C. The minimum atomic E-state index is -3.63. The van der Waals surface area contributed by atoms with Gasteiger partial charge in [0.05, 0.1) is 6.04 Å². The van der Waals surface area contributed by atoms with E-state index < -0.39 is 16.1 Å². The quantitative estimate of drug-likeness (QED) is 0.848. The zero-order valence-electron chi connectivity index (χ0n) is 12.4. The van der Waals surface area contributed by atoms with Crippen LogP contribution < -0.4 is 10.0 Å². The van der Waals surface area contributed by atoms with Crippen molar-refractivity contribution in [1.82, 2.24) is 14.9 Å². The van der Waals surface area contributed by atoms with Gasteiger partial charge in [0.2, 0.25) is 5.91 Å². The number of amides is 1. The molecule has 6 nitrogen and oxygen atoms in total. The Morgan fingerprint density at radius 2 is 2.24 bits per heavy atom. The van der Waals surface area contributed by atoms with E-state index in [0.717, 1.165) is 17.9 Å². The number of carbonyl (C=O) groups is 1. The van der Waals surface area contributed by atoms with Crippen LogP contribution in [0.1, 0.15) is 20.8 Å². The summed E-state index contributed by atoms with van der Waals surface area (Å²) < 4.78 is 27.0. The highest BCUT2D eigenvalue weighted by Crippen LogP contribution is 2.17. The average molecular weight is 331 g/mol. The maximum Gasteiger partial charge on any atom is 0.250 e. The van der Waals surface area contributed by atoms with Crippen molar-refractivity contribution < 1.29 is 13.2 Å². The molecule has 2 N–H and O–H groups in total. The van der Waals surface area contributed by atoms with Gasteiger partial charge in [0, 0.05) is 25.2 Å². The molecule has 1 fully saturated rings. The second-order valence-electron chi connectivity index (χ2n) is 5.29. The van der Waals surface area contributed by atoms with Gasteiger partial charge >= 0.3 is 0 Å². The number of carbonyl (C=O) groups excluding carboxylic acids is 1. The molecule has 1 aliphatic heterocycles. The highest BCUT2D eigenvalue weighted by molar-refractivity contribution is 7.91. The monoisotopic (exact) mass is 331 g/mol. The van der Waals surface area contributed by atoms with Crippen LogP contribution in [-0.4, -0.2) is 50.4 Å². The lowest BCUT2D eigenvalue weighted by Gasteiger charge is -2.39. The van der Waals surface area contributed by atoms with E-state index in [4.69, 9.17) is 0 Å². The number of sulfonamides is 1. The van der Waals surface area contributed by atoms with Gasteiger partial charge in [-0.1, -0.05) is 6.07 Å². The third kappa shape index (κ3) is 3.63. The minimum Gasteiger partial charge on any atom is -0.336 e. The molecule has 1 aliphatic rings. The Morgan fingerprint density at radius 3 is 2.86 bits per heavy atom. The molecule has 0 spiro atoms. The van der Waals surface area contributed by atoms with E-state index in [0.29, 0.717) is 6.54 Å². The molecule has 1 amide bonds. The molecule has 1 aromatic rings. The van der Waals surface area contributed by atoms with Crippen molar-refractivity contribution >= 4 is 27.3 Å². The predicted octanol–water partition coefficient (Wildman–Crippen LogP) is 0.624. The van der Waals surface area contributed by atoms with Crippen LogP contribution in [0.3, 0.4) is 0 Å². The molecule has 3 atom stereocenters. The van der Waals surface area contributed by atoms with Crippen molar-refractivity contribution in [2.45, 2.75) is 43.1 Å². The molecule has 2 rings (SSSR count). The summed E-state index contributed by atoms with van der Waals surface area (Å²) in [5.41, 5.74) is 0. The number of hydrogen-bond donors (Lipinski definition) is 2. The highest BCUT2D eigenvalue weighted by atomic mass is 32.2. The van der Waals surface area contributed by atoms with Crippen LogP contribution in [0, 0.1) is 0 Å². The van der Waals surface area contributed by atoms with Crippen molar-refractivity contribution in [3.8, 4) is 0 Å². The van der Waals surface area contributed by atoms with E-state index in [1.54, 1.807) is 23.3 Å². The molecule has 2 heterocycles. The summed E-state index contributed by atoms with van der Waals surface area (Å²) in [6.07, 6.45) is 0. The third-order valence-electron chi connectivity index (χ3n) is 3.78. The summed E-state index contributed by atoms with van der Waals surface area (Å²) in [5.74, 6) is -0.184. The second-order valence-corrected chi connectivity index (χ2v) is 8.18. The van der Waals surface area contributed by atoms with Crippen molar-refractivity contribution in [2.75, 3.05) is 13.1 Å². The molecule has 1 aromatic heterocycles. The zero-order chi connectivity index (χ0) is 15.6. The summed E-state index contributed by atoms with van der Waals surface area (Å²) in [6, 6.07) is 2.67. The third-order valence-corrected chi connectivity index (χ3v) is 6.72. The molecule has 1 saturated heterocycles. The van der Waals surface area contributed by atoms with Gasteiger partial charge in [-0.3, -0.25) is 4.79 Å². The number of nitrogens with one attached hydrogen (secondary N) is 2. The van der Waals surface area contributed by atoms with Crippen molar-refractivity contribution in [1.29, 1.82) is 0 Å². The Kier molecular flexibility index (Phi) is 5.03. The van der Waals surface area contributed by atoms with E-state index >= 15 is 0 Å². The van der Waals surface area contributed by atoms with E-state index in [2.05, 4.69) is 10.0 Å². The first kappa shape index (κ1) is 16.4. The standard InChI is InChI=1S/C13H21N3O3S2/c1-9-11(3)16(7-6-14-9)13(17)10(2)15-21(18,19)12-5-4-8-20-12/h4-5,8-11,14-15H,6-7H2,1-3H3. The maximum atomic E-state index is 12.5. The first-order chi connectivity index (χ1) is 9.83. The smallest absolute Gasteiger partial charge is 0.250 e. The van der Waals surface area contributed by atoms with E-state index in [9.17, 15) is 13.2 Å². The van der Waals surface area contributed by atoms with Gasteiger partial charge in [0.25, 0.3) is 10.0 Å². The lowest BCUT2D eigenvalue weighted by molar-refractivity contribution is -0.136. The van der Waals surface area contributed by atoms with Gasteiger partial charge in [0.15, 0.2) is 0 Å². The number of nitrogens with zero attached hydrogens (tertiary/aromatic N) is 1. The largest absolute Gasteiger partial charge is 0.336 e. The summed E-state index contributed by atoms with van der Waals surface area (Å²) in [5, 5.41) is 4.99. The fourth-order valence-corrected chi connectivity index (χ4v) is 4.58. The van der Waals surface area contributed by atoms with Gasteiger partial charge in [-0.2, -0.15) is 4.72 Å². The molecule has 118 valence electrons. The molecular formula is C13H21N3O3S2. The molecule has 0 saturated carbocycles. The Morgan fingerprint density at radius 1 is 1.52 bits per heavy atom. The number of piperazine rings is 1. The topological polar surface area (TPSA) is 78.5 Å². The Bertz CT molecular complexity index is 586. The van der Waals surface area contributed by atoms with Crippen molar-refractivity contribution in [3.05, 3.63) is 17.5 Å². The molecule has 0 aromatic carbocycles. The van der Waals surface area contributed by atoms with Gasteiger partial charge in [-0.15, -0.1) is 11.3 Å². The van der Waals surface area contributed by atoms with Gasteiger partial charge in [0.1, 0.15) is 4.21 Å². The molecule has 21 heavy (non-hydrogen) atoms. The van der Waals surface area contributed by atoms with Gasteiger partial charge < -0.3 is 10.2 Å². The first-order valence-corrected chi connectivity index (χ1v) is 9.29. The second kappa shape index (κ2) is 6.43. The van der Waals surface area contributed by atoms with Crippen molar-refractivity contribution in [2.24, 2.45) is 0 Å². The zero-order valence-corrected chi connectivity index (χ0v) is 14.0. The molecule has 0 aliphatic carbocycles. The van der Waals surface area contributed by atoms with Crippen LogP contribution in [0.5, 0.6) is 0 Å². The summed E-state index contributed by atoms with van der Waals surface area (Å²) in [6.45, 7) is 6.89. The fourth-order valence-electron chi connectivity index (χ4n) is 2.37. The first-order valence-electron chi connectivity index (χ1n) is 6.92. The van der Waals surface area contributed by atoms with Crippen LogP contribution >= 0.6 is 11.3 Å². The van der Waals surface area contributed by atoms with Gasteiger partial charge in [-0.05, 0) is 32.2 Å². The Balaban J connectivity index is 2.06. The summed E-state index contributed by atoms with van der Waals surface area (Å²) in [4.78, 5) is 14.2. The summed E-state index contributed by atoms with van der Waals surface area (Å²) in [7, 11) is -3.63.